The van der Waals surface area contributed by atoms with E-state index in [-0.39, 0.29) is 6.04 Å². The predicted octanol–water partition coefficient (Wildman–Crippen LogP) is 0.238. The first-order chi connectivity index (χ1) is 8.37. The van der Waals surface area contributed by atoms with Gasteiger partial charge in [-0.3, -0.25) is 14.6 Å². The van der Waals surface area contributed by atoms with Crippen LogP contribution in [0, 0.1) is 5.92 Å². The molecule has 0 bridgehead atoms. The second-order valence-corrected chi connectivity index (χ2v) is 6.25. The van der Waals surface area contributed by atoms with Crippen LogP contribution in [0.2, 0.25) is 0 Å². The summed E-state index contributed by atoms with van der Waals surface area (Å²) in [6, 6.07) is -0.283. The van der Waals surface area contributed by atoms with Crippen molar-refractivity contribution in [3.05, 3.63) is 0 Å². The Morgan fingerprint density at radius 3 is 2.22 bits per heavy atom. The minimum Gasteiger partial charge on any atom is -0.480 e. The Hall–Kier alpha value is -0.650. The number of piperazine rings is 1. The lowest BCUT2D eigenvalue weighted by Crippen LogP contribution is -2.55. The summed E-state index contributed by atoms with van der Waals surface area (Å²) in [6.45, 7) is 7.56. The summed E-state index contributed by atoms with van der Waals surface area (Å²) >= 11 is 0. The van der Waals surface area contributed by atoms with E-state index in [0.717, 1.165) is 39.0 Å². The van der Waals surface area contributed by atoms with Gasteiger partial charge in [-0.25, -0.2) is 0 Å². The smallest absolute Gasteiger partial charge is 0.321 e. The van der Waals surface area contributed by atoms with Crippen molar-refractivity contribution in [3.63, 3.8) is 0 Å². The molecule has 5 heteroatoms. The van der Waals surface area contributed by atoms with Gasteiger partial charge in [-0.15, -0.1) is 0 Å². The van der Waals surface area contributed by atoms with Crippen molar-refractivity contribution >= 4 is 5.97 Å². The average molecular weight is 256 g/mol. The molecule has 0 spiro atoms. The molecule has 1 aliphatic heterocycles. The number of nitrogens with zero attached hydrogens (tertiary/aromatic N) is 2. The molecule has 1 saturated carbocycles. The lowest BCUT2D eigenvalue weighted by atomic mass is 10.1. The summed E-state index contributed by atoms with van der Waals surface area (Å²) in [4.78, 5) is 15.6. The van der Waals surface area contributed by atoms with E-state index in [1.165, 1.54) is 0 Å². The highest BCUT2D eigenvalue weighted by molar-refractivity contribution is 5.74. The van der Waals surface area contributed by atoms with Gasteiger partial charge in [0.2, 0.25) is 0 Å². The number of carboxylic acids is 1. The van der Waals surface area contributed by atoms with Crippen LogP contribution >= 0.6 is 0 Å². The summed E-state index contributed by atoms with van der Waals surface area (Å²) in [5.74, 6) is -0.309. The highest BCUT2D eigenvalue weighted by Crippen LogP contribution is 2.35. The average Bonchev–Trinajstić information content (AvgIpc) is 3.02. The molecule has 0 amide bonds. The van der Waals surface area contributed by atoms with E-state index in [2.05, 4.69) is 9.80 Å². The Morgan fingerprint density at radius 1 is 1.28 bits per heavy atom. The minimum atomic E-state index is -0.676. The van der Waals surface area contributed by atoms with Crippen molar-refractivity contribution in [1.82, 2.24) is 9.80 Å². The van der Waals surface area contributed by atoms with Crippen LogP contribution in [0.25, 0.3) is 0 Å². The largest absolute Gasteiger partial charge is 0.480 e. The van der Waals surface area contributed by atoms with Gasteiger partial charge in [-0.2, -0.15) is 0 Å². The van der Waals surface area contributed by atoms with Crippen LogP contribution in [-0.4, -0.2) is 70.3 Å². The van der Waals surface area contributed by atoms with Gasteiger partial charge < -0.3 is 10.2 Å². The number of aliphatic hydroxyl groups is 1. The summed E-state index contributed by atoms with van der Waals surface area (Å²) in [6.07, 6.45) is 2.11. The van der Waals surface area contributed by atoms with Gasteiger partial charge in [-0.05, 0) is 32.6 Å². The van der Waals surface area contributed by atoms with E-state index in [0.29, 0.717) is 12.5 Å². The Balaban J connectivity index is 1.84. The first kappa shape index (κ1) is 13.8. The molecular weight excluding hydrogens is 232 g/mol. The standard InChI is InChI=1S/C13H24N2O3/c1-13(2,18)9-14-5-7-15(8-6-14)11(12(16)17)10-3-4-10/h10-11,18H,3-9H2,1-2H3,(H,16,17). The highest BCUT2D eigenvalue weighted by atomic mass is 16.4. The van der Waals surface area contributed by atoms with E-state index >= 15 is 0 Å². The molecular formula is C13H24N2O3. The summed E-state index contributed by atoms with van der Waals surface area (Å²) in [5, 5.41) is 19.1. The number of rotatable bonds is 5. The molecule has 1 heterocycles. The maximum Gasteiger partial charge on any atom is 0.321 e. The molecule has 0 aromatic heterocycles. The second-order valence-electron chi connectivity index (χ2n) is 6.25. The molecule has 1 aliphatic carbocycles. The van der Waals surface area contributed by atoms with E-state index in [9.17, 15) is 15.0 Å². The van der Waals surface area contributed by atoms with Gasteiger partial charge in [0, 0.05) is 32.7 Å². The number of carboxylic acid groups (broad SMARTS) is 1. The number of carbonyl (C=O) groups is 1. The van der Waals surface area contributed by atoms with Gasteiger partial charge in [-0.1, -0.05) is 0 Å². The van der Waals surface area contributed by atoms with E-state index in [1.807, 2.05) is 13.8 Å². The molecule has 1 unspecified atom stereocenters. The van der Waals surface area contributed by atoms with Crippen LogP contribution in [0.4, 0.5) is 0 Å². The van der Waals surface area contributed by atoms with Crippen molar-refractivity contribution in [2.45, 2.75) is 38.3 Å². The zero-order valence-corrected chi connectivity index (χ0v) is 11.3. The third kappa shape index (κ3) is 3.67. The van der Waals surface area contributed by atoms with Crippen LogP contribution in [0.15, 0.2) is 0 Å². The van der Waals surface area contributed by atoms with Crippen LogP contribution in [0.1, 0.15) is 26.7 Å². The lowest BCUT2D eigenvalue weighted by Gasteiger charge is -2.39. The maximum atomic E-state index is 11.3. The van der Waals surface area contributed by atoms with Crippen molar-refractivity contribution in [2.75, 3.05) is 32.7 Å². The Morgan fingerprint density at radius 2 is 1.83 bits per heavy atom. The van der Waals surface area contributed by atoms with E-state index < -0.39 is 11.6 Å². The van der Waals surface area contributed by atoms with E-state index in [1.54, 1.807) is 0 Å². The first-order valence-corrected chi connectivity index (χ1v) is 6.78. The SMILES string of the molecule is CC(C)(O)CN1CCN(C(C(=O)O)C2CC2)CC1. The lowest BCUT2D eigenvalue weighted by molar-refractivity contribution is -0.145. The molecule has 1 saturated heterocycles. The molecule has 2 fully saturated rings. The number of hydrogen-bond acceptors (Lipinski definition) is 4. The van der Waals surface area contributed by atoms with Crippen LogP contribution in [-0.2, 0) is 4.79 Å². The fourth-order valence-corrected chi connectivity index (χ4v) is 2.81. The van der Waals surface area contributed by atoms with E-state index in [4.69, 9.17) is 0 Å². The maximum absolute atomic E-state index is 11.3. The van der Waals surface area contributed by atoms with Gasteiger partial charge in [0.25, 0.3) is 0 Å². The van der Waals surface area contributed by atoms with Crippen molar-refractivity contribution in [2.24, 2.45) is 5.92 Å². The molecule has 0 aromatic carbocycles. The topological polar surface area (TPSA) is 64.0 Å². The Labute approximate surface area is 108 Å². The molecule has 18 heavy (non-hydrogen) atoms. The summed E-state index contributed by atoms with van der Waals surface area (Å²) in [7, 11) is 0. The third-order valence-electron chi connectivity index (χ3n) is 3.73. The van der Waals surface area contributed by atoms with Crippen molar-refractivity contribution < 1.29 is 15.0 Å². The van der Waals surface area contributed by atoms with Gasteiger partial charge >= 0.3 is 5.97 Å². The highest BCUT2D eigenvalue weighted by Gasteiger charge is 2.41. The second kappa shape index (κ2) is 5.15. The summed E-state index contributed by atoms with van der Waals surface area (Å²) in [5.41, 5.74) is -0.676. The zero-order chi connectivity index (χ0) is 13.3. The molecule has 2 rings (SSSR count). The molecule has 5 nitrogen and oxygen atoms in total. The Kier molecular flexibility index (Phi) is 3.94. The number of hydrogen-bond donors (Lipinski definition) is 2. The molecule has 0 radical (unpaired) electrons. The molecule has 2 N–H and O–H groups in total. The molecule has 104 valence electrons. The minimum absolute atomic E-state index is 0.283. The van der Waals surface area contributed by atoms with Gasteiger partial charge in [0.15, 0.2) is 0 Å². The normalized spacial score (nSPS) is 25.1. The third-order valence-corrected chi connectivity index (χ3v) is 3.73. The fraction of sp³-hybridized carbons (Fsp3) is 0.923. The zero-order valence-electron chi connectivity index (χ0n) is 11.3. The number of β-amino-alcohol motifs (C(OH)–C–C–N with tert-alkyl or cyclic N) is 1. The number of aliphatic carboxylic acids is 1. The molecule has 2 aliphatic rings. The van der Waals surface area contributed by atoms with Gasteiger partial charge in [0.1, 0.15) is 6.04 Å². The molecule has 1 atom stereocenters. The monoisotopic (exact) mass is 256 g/mol. The quantitative estimate of drug-likeness (QED) is 0.737. The Bertz CT molecular complexity index is 302. The summed E-state index contributed by atoms with van der Waals surface area (Å²) < 4.78 is 0. The predicted molar refractivity (Wildman–Crippen MR) is 68.5 cm³/mol. The van der Waals surface area contributed by atoms with Crippen LogP contribution in [0.5, 0.6) is 0 Å². The van der Waals surface area contributed by atoms with Gasteiger partial charge in [0.05, 0.1) is 5.60 Å². The van der Waals surface area contributed by atoms with Crippen molar-refractivity contribution in [3.8, 4) is 0 Å². The first-order valence-electron chi connectivity index (χ1n) is 6.78. The van der Waals surface area contributed by atoms with Crippen LogP contribution in [0.3, 0.4) is 0 Å². The molecule has 0 aromatic rings. The van der Waals surface area contributed by atoms with Crippen molar-refractivity contribution in [1.29, 1.82) is 0 Å². The fourth-order valence-electron chi connectivity index (χ4n) is 2.81. The van der Waals surface area contributed by atoms with Crippen LogP contribution < -0.4 is 0 Å².